The number of carbonyl (C=O) groups is 1. The van der Waals surface area contributed by atoms with Crippen molar-refractivity contribution in [3.8, 4) is 0 Å². The van der Waals surface area contributed by atoms with Gasteiger partial charge in [0.05, 0.1) is 16.9 Å². The first-order valence-electron chi connectivity index (χ1n) is 6.73. The highest BCUT2D eigenvalue weighted by Gasteiger charge is 2.12. The van der Waals surface area contributed by atoms with Crippen LogP contribution in [-0.4, -0.2) is 18.7 Å². The molecular formula is C16H19N3OS. The van der Waals surface area contributed by atoms with E-state index in [-0.39, 0.29) is 5.91 Å². The molecule has 0 radical (unpaired) electrons. The Labute approximate surface area is 129 Å². The lowest BCUT2D eigenvalue weighted by Crippen LogP contribution is -2.23. The number of rotatable bonds is 5. The van der Waals surface area contributed by atoms with E-state index in [0.29, 0.717) is 23.5 Å². The molecule has 1 amide bonds. The van der Waals surface area contributed by atoms with Crippen LogP contribution in [0.2, 0.25) is 0 Å². The lowest BCUT2D eigenvalue weighted by Gasteiger charge is -2.14. The second-order valence-electron chi connectivity index (χ2n) is 4.49. The maximum Gasteiger partial charge on any atom is 0.253 e. The summed E-state index contributed by atoms with van der Waals surface area (Å²) in [6.07, 6.45) is 2.02. The molecule has 0 saturated heterocycles. The zero-order valence-electron chi connectivity index (χ0n) is 12.1. The standard InChI is InChI=1S/C16H19N3OS/c1-3-18-16(20)12-9-8-11(17)10-14(12)19-13-6-4-5-7-15(13)21-2/h4-10,19H,3,17H2,1-2H3,(H,18,20). The highest BCUT2D eigenvalue weighted by Crippen LogP contribution is 2.30. The number of anilines is 3. The number of amides is 1. The molecule has 2 rings (SSSR count). The van der Waals surface area contributed by atoms with Crippen LogP contribution in [0, 0.1) is 0 Å². The Kier molecular flexibility index (Phi) is 5.11. The van der Waals surface area contributed by atoms with Gasteiger partial charge in [0.15, 0.2) is 0 Å². The van der Waals surface area contributed by atoms with Crippen LogP contribution in [0.5, 0.6) is 0 Å². The van der Waals surface area contributed by atoms with Gasteiger partial charge >= 0.3 is 0 Å². The van der Waals surface area contributed by atoms with Gasteiger partial charge in [-0.25, -0.2) is 0 Å². The number of hydrogen-bond acceptors (Lipinski definition) is 4. The highest BCUT2D eigenvalue weighted by molar-refractivity contribution is 7.98. The van der Waals surface area contributed by atoms with Gasteiger partial charge in [-0.2, -0.15) is 0 Å². The summed E-state index contributed by atoms with van der Waals surface area (Å²) in [6, 6.07) is 13.2. The third-order valence-electron chi connectivity index (χ3n) is 3.00. The fourth-order valence-electron chi connectivity index (χ4n) is 2.01. The minimum absolute atomic E-state index is 0.110. The molecule has 0 atom stereocenters. The molecule has 0 spiro atoms. The van der Waals surface area contributed by atoms with Gasteiger partial charge in [-0.05, 0) is 43.5 Å². The highest BCUT2D eigenvalue weighted by atomic mass is 32.2. The first kappa shape index (κ1) is 15.3. The number of hydrogen-bond donors (Lipinski definition) is 3. The Morgan fingerprint density at radius 1 is 1.19 bits per heavy atom. The van der Waals surface area contributed by atoms with Gasteiger partial charge in [-0.1, -0.05) is 12.1 Å². The molecule has 110 valence electrons. The average Bonchev–Trinajstić information content (AvgIpc) is 2.48. The van der Waals surface area contributed by atoms with Crippen molar-refractivity contribution < 1.29 is 4.79 Å². The maximum atomic E-state index is 12.1. The molecule has 4 N–H and O–H groups in total. The van der Waals surface area contributed by atoms with E-state index in [1.54, 1.807) is 30.0 Å². The molecule has 0 saturated carbocycles. The van der Waals surface area contributed by atoms with Crippen LogP contribution in [0.1, 0.15) is 17.3 Å². The minimum atomic E-state index is -0.110. The van der Waals surface area contributed by atoms with Gasteiger partial charge in [0.1, 0.15) is 0 Å². The summed E-state index contributed by atoms with van der Waals surface area (Å²) in [7, 11) is 0. The number of benzene rings is 2. The van der Waals surface area contributed by atoms with Gasteiger partial charge in [0.2, 0.25) is 0 Å². The van der Waals surface area contributed by atoms with Crippen LogP contribution < -0.4 is 16.4 Å². The number of para-hydroxylation sites is 1. The van der Waals surface area contributed by atoms with Crippen molar-refractivity contribution in [2.45, 2.75) is 11.8 Å². The Morgan fingerprint density at radius 2 is 1.95 bits per heavy atom. The first-order chi connectivity index (χ1) is 10.2. The fraction of sp³-hybridized carbons (Fsp3) is 0.188. The Bertz CT molecular complexity index is 643. The van der Waals surface area contributed by atoms with E-state index in [1.807, 2.05) is 37.4 Å². The summed E-state index contributed by atoms with van der Waals surface area (Å²) < 4.78 is 0. The van der Waals surface area contributed by atoms with Crippen LogP contribution >= 0.6 is 11.8 Å². The van der Waals surface area contributed by atoms with Crippen LogP contribution in [-0.2, 0) is 0 Å². The quantitative estimate of drug-likeness (QED) is 0.584. The molecule has 2 aromatic rings. The molecule has 0 fully saturated rings. The summed E-state index contributed by atoms with van der Waals surface area (Å²) in [5.74, 6) is -0.110. The Morgan fingerprint density at radius 3 is 2.67 bits per heavy atom. The third kappa shape index (κ3) is 3.70. The summed E-state index contributed by atoms with van der Waals surface area (Å²) in [5, 5.41) is 6.12. The number of thioether (sulfide) groups is 1. The van der Waals surface area contributed by atoms with Crippen LogP contribution in [0.25, 0.3) is 0 Å². The van der Waals surface area contributed by atoms with Crippen LogP contribution in [0.4, 0.5) is 17.1 Å². The van der Waals surface area contributed by atoms with Crippen molar-refractivity contribution in [2.24, 2.45) is 0 Å². The second-order valence-corrected chi connectivity index (χ2v) is 5.34. The molecular weight excluding hydrogens is 282 g/mol. The molecule has 4 nitrogen and oxygen atoms in total. The largest absolute Gasteiger partial charge is 0.399 e. The van der Waals surface area contributed by atoms with Crippen LogP contribution in [0.3, 0.4) is 0 Å². The second kappa shape index (κ2) is 7.04. The zero-order chi connectivity index (χ0) is 15.2. The van der Waals surface area contributed by atoms with E-state index < -0.39 is 0 Å². The number of nitrogens with one attached hydrogen (secondary N) is 2. The van der Waals surface area contributed by atoms with E-state index in [0.717, 1.165) is 10.6 Å². The van der Waals surface area contributed by atoms with Gasteiger partial charge in [-0.3, -0.25) is 4.79 Å². The van der Waals surface area contributed by atoms with Crippen molar-refractivity contribution in [1.82, 2.24) is 5.32 Å². The number of carbonyl (C=O) groups excluding carboxylic acids is 1. The fourth-order valence-corrected chi connectivity index (χ4v) is 2.57. The summed E-state index contributed by atoms with van der Waals surface area (Å²) in [4.78, 5) is 13.2. The predicted octanol–water partition coefficient (Wildman–Crippen LogP) is 3.48. The molecule has 0 heterocycles. The average molecular weight is 301 g/mol. The molecule has 2 aromatic carbocycles. The minimum Gasteiger partial charge on any atom is -0.399 e. The maximum absolute atomic E-state index is 12.1. The number of nitrogen functional groups attached to an aromatic ring is 1. The van der Waals surface area contributed by atoms with Crippen LogP contribution in [0.15, 0.2) is 47.4 Å². The molecule has 5 heteroatoms. The van der Waals surface area contributed by atoms with Gasteiger partial charge in [-0.15, -0.1) is 11.8 Å². The van der Waals surface area contributed by atoms with Crippen molar-refractivity contribution in [3.63, 3.8) is 0 Å². The molecule has 0 aliphatic heterocycles. The number of nitrogens with two attached hydrogens (primary N) is 1. The van der Waals surface area contributed by atoms with Crippen molar-refractivity contribution in [3.05, 3.63) is 48.0 Å². The lowest BCUT2D eigenvalue weighted by atomic mass is 10.1. The van der Waals surface area contributed by atoms with E-state index in [9.17, 15) is 4.79 Å². The molecule has 0 aliphatic rings. The van der Waals surface area contributed by atoms with Gasteiger partial charge in [0.25, 0.3) is 5.91 Å². The zero-order valence-corrected chi connectivity index (χ0v) is 13.0. The third-order valence-corrected chi connectivity index (χ3v) is 3.80. The predicted molar refractivity (Wildman–Crippen MR) is 90.4 cm³/mol. The molecule has 21 heavy (non-hydrogen) atoms. The molecule has 0 aromatic heterocycles. The SMILES string of the molecule is CCNC(=O)c1ccc(N)cc1Nc1ccccc1SC. The van der Waals surface area contributed by atoms with E-state index in [4.69, 9.17) is 5.73 Å². The summed E-state index contributed by atoms with van der Waals surface area (Å²) >= 11 is 1.65. The van der Waals surface area contributed by atoms with Crippen molar-refractivity contribution >= 4 is 34.7 Å². The molecule has 0 aliphatic carbocycles. The normalized spacial score (nSPS) is 10.2. The summed E-state index contributed by atoms with van der Waals surface area (Å²) in [6.45, 7) is 2.48. The van der Waals surface area contributed by atoms with Crippen molar-refractivity contribution in [1.29, 1.82) is 0 Å². The van der Waals surface area contributed by atoms with E-state index >= 15 is 0 Å². The first-order valence-corrected chi connectivity index (χ1v) is 7.96. The van der Waals surface area contributed by atoms with E-state index in [2.05, 4.69) is 10.6 Å². The van der Waals surface area contributed by atoms with Gasteiger partial charge < -0.3 is 16.4 Å². The van der Waals surface area contributed by atoms with E-state index in [1.165, 1.54) is 0 Å². The monoisotopic (exact) mass is 301 g/mol. The Hall–Kier alpha value is -2.14. The molecule has 0 bridgehead atoms. The van der Waals surface area contributed by atoms with Gasteiger partial charge in [0, 0.05) is 17.1 Å². The topological polar surface area (TPSA) is 67.2 Å². The van der Waals surface area contributed by atoms with Crippen molar-refractivity contribution in [2.75, 3.05) is 23.9 Å². The Balaban J connectivity index is 2.38. The lowest BCUT2D eigenvalue weighted by molar-refractivity contribution is 0.0956. The molecule has 0 unspecified atom stereocenters. The smallest absolute Gasteiger partial charge is 0.253 e. The summed E-state index contributed by atoms with van der Waals surface area (Å²) in [5.41, 5.74) is 8.72.